The van der Waals surface area contributed by atoms with Crippen LogP contribution in [0, 0.1) is 0 Å². The lowest BCUT2D eigenvalue weighted by molar-refractivity contribution is -0.141. The van der Waals surface area contributed by atoms with Gasteiger partial charge >= 0.3 is 12.1 Å². The van der Waals surface area contributed by atoms with Gasteiger partial charge in [0.15, 0.2) is 5.69 Å². The van der Waals surface area contributed by atoms with Crippen molar-refractivity contribution in [2.45, 2.75) is 25.4 Å². The van der Waals surface area contributed by atoms with Crippen molar-refractivity contribution in [1.82, 2.24) is 10.2 Å². The minimum Gasteiger partial charge on any atom is -0.481 e. The minimum absolute atomic E-state index is 0.0306. The van der Waals surface area contributed by atoms with Crippen LogP contribution in [0.25, 0.3) is 0 Å². The first kappa shape index (κ1) is 12.4. The van der Waals surface area contributed by atoms with Gasteiger partial charge in [0.1, 0.15) is 5.92 Å². The number of carboxylic acid groups (broad SMARTS) is 1. The number of carbonyl (C=O) groups is 1. The van der Waals surface area contributed by atoms with Crippen LogP contribution in [0.3, 0.4) is 0 Å². The molecule has 1 aromatic rings. The van der Waals surface area contributed by atoms with E-state index < -0.39 is 23.8 Å². The molecule has 16 heavy (non-hydrogen) atoms. The molecule has 0 saturated carbocycles. The van der Waals surface area contributed by atoms with Gasteiger partial charge in [-0.25, -0.2) is 0 Å². The first-order chi connectivity index (χ1) is 7.36. The second-order valence-electron chi connectivity index (χ2n) is 3.14. The summed E-state index contributed by atoms with van der Waals surface area (Å²) in [6.45, 7) is 1.61. The van der Waals surface area contributed by atoms with Crippen molar-refractivity contribution in [2.75, 3.05) is 0 Å². The van der Waals surface area contributed by atoms with Crippen molar-refractivity contribution in [1.29, 1.82) is 0 Å². The number of rotatable bonds is 3. The topological polar surface area (TPSA) is 63.1 Å². The van der Waals surface area contributed by atoms with Crippen molar-refractivity contribution in [3.8, 4) is 0 Å². The second kappa shape index (κ2) is 4.46. The summed E-state index contributed by atoms with van der Waals surface area (Å²) in [7, 11) is 0. The molecule has 0 spiro atoms. The molecule has 1 rings (SSSR count). The average Bonchev–Trinajstić information content (AvgIpc) is 2.17. The standard InChI is InChI=1S/C9H9F3N2O2/c1-2-5(8(15)16)6-3-4-7(14-13-6)9(10,11)12/h3-5H,2H2,1H3,(H,15,16). The lowest BCUT2D eigenvalue weighted by Crippen LogP contribution is -2.15. The molecular weight excluding hydrogens is 225 g/mol. The van der Waals surface area contributed by atoms with Gasteiger partial charge in [-0.05, 0) is 18.6 Å². The second-order valence-corrected chi connectivity index (χ2v) is 3.14. The van der Waals surface area contributed by atoms with Crippen molar-refractivity contribution in [3.63, 3.8) is 0 Å². The normalized spacial score (nSPS) is 13.5. The van der Waals surface area contributed by atoms with Gasteiger partial charge in [-0.3, -0.25) is 4.79 Å². The molecule has 0 aliphatic carbocycles. The number of aliphatic carboxylic acids is 1. The van der Waals surface area contributed by atoms with Crippen LogP contribution in [0.15, 0.2) is 12.1 Å². The van der Waals surface area contributed by atoms with Gasteiger partial charge in [-0.15, -0.1) is 5.10 Å². The van der Waals surface area contributed by atoms with Crippen LogP contribution in [0.2, 0.25) is 0 Å². The lowest BCUT2D eigenvalue weighted by Gasteiger charge is -2.09. The van der Waals surface area contributed by atoms with Crippen LogP contribution >= 0.6 is 0 Å². The van der Waals surface area contributed by atoms with Crippen molar-refractivity contribution < 1.29 is 23.1 Å². The molecule has 88 valence electrons. The Hall–Kier alpha value is -1.66. The summed E-state index contributed by atoms with van der Waals surface area (Å²) < 4.78 is 36.4. The molecule has 0 bridgehead atoms. The maximum atomic E-state index is 12.1. The molecular formula is C9H9F3N2O2. The zero-order chi connectivity index (χ0) is 12.3. The zero-order valence-electron chi connectivity index (χ0n) is 8.32. The minimum atomic E-state index is -4.56. The molecule has 0 fully saturated rings. The quantitative estimate of drug-likeness (QED) is 0.869. The molecule has 1 unspecified atom stereocenters. The molecule has 1 aromatic heterocycles. The van der Waals surface area contributed by atoms with E-state index >= 15 is 0 Å². The van der Waals surface area contributed by atoms with E-state index in [4.69, 9.17) is 5.11 Å². The molecule has 0 amide bonds. The number of hydrogen-bond acceptors (Lipinski definition) is 3. The third-order valence-electron chi connectivity index (χ3n) is 2.04. The summed E-state index contributed by atoms with van der Waals surface area (Å²) in [5, 5.41) is 15.0. The molecule has 0 saturated heterocycles. The summed E-state index contributed by atoms with van der Waals surface area (Å²) in [6, 6.07) is 1.77. The third kappa shape index (κ3) is 2.68. The van der Waals surface area contributed by atoms with E-state index in [9.17, 15) is 18.0 Å². The van der Waals surface area contributed by atoms with Crippen LogP contribution in [0.1, 0.15) is 30.7 Å². The number of halogens is 3. The molecule has 0 aliphatic rings. The smallest absolute Gasteiger partial charge is 0.435 e. The zero-order valence-corrected chi connectivity index (χ0v) is 8.32. The highest BCUT2D eigenvalue weighted by Crippen LogP contribution is 2.27. The Labute approximate surface area is 89.1 Å². The highest BCUT2D eigenvalue weighted by molar-refractivity contribution is 5.75. The molecule has 4 nitrogen and oxygen atoms in total. The van der Waals surface area contributed by atoms with Gasteiger partial charge in [0.05, 0.1) is 5.69 Å². The molecule has 1 atom stereocenters. The highest BCUT2D eigenvalue weighted by Gasteiger charge is 2.33. The van der Waals surface area contributed by atoms with E-state index in [0.29, 0.717) is 0 Å². The fourth-order valence-electron chi connectivity index (χ4n) is 1.19. The van der Waals surface area contributed by atoms with Crippen LogP contribution in [-0.2, 0) is 11.0 Å². The molecule has 1 N–H and O–H groups in total. The van der Waals surface area contributed by atoms with Gasteiger partial charge in [-0.1, -0.05) is 6.92 Å². The lowest BCUT2D eigenvalue weighted by atomic mass is 10.0. The highest BCUT2D eigenvalue weighted by atomic mass is 19.4. The first-order valence-electron chi connectivity index (χ1n) is 4.50. The Morgan fingerprint density at radius 2 is 2.06 bits per heavy atom. The van der Waals surface area contributed by atoms with E-state index in [2.05, 4.69) is 10.2 Å². The van der Waals surface area contributed by atoms with E-state index in [1.807, 2.05) is 0 Å². The monoisotopic (exact) mass is 234 g/mol. The molecule has 0 aromatic carbocycles. The maximum absolute atomic E-state index is 12.1. The molecule has 1 heterocycles. The Balaban J connectivity index is 2.98. The Kier molecular flexibility index (Phi) is 3.46. The van der Waals surface area contributed by atoms with Crippen LogP contribution < -0.4 is 0 Å². The summed E-state index contributed by atoms with van der Waals surface area (Å²) in [5.74, 6) is -2.05. The van der Waals surface area contributed by atoms with E-state index in [1.165, 1.54) is 0 Å². The SMILES string of the molecule is CCC(C(=O)O)c1ccc(C(F)(F)F)nn1. The van der Waals surface area contributed by atoms with Crippen molar-refractivity contribution >= 4 is 5.97 Å². The molecule has 0 radical (unpaired) electrons. The maximum Gasteiger partial charge on any atom is 0.435 e. The fraction of sp³-hybridized carbons (Fsp3) is 0.444. The number of hydrogen-bond donors (Lipinski definition) is 1. The predicted octanol–water partition coefficient (Wildman–Crippen LogP) is 2.07. The first-order valence-corrected chi connectivity index (χ1v) is 4.50. The average molecular weight is 234 g/mol. The number of carboxylic acids is 1. The van der Waals surface area contributed by atoms with Gasteiger partial charge in [0, 0.05) is 0 Å². The largest absolute Gasteiger partial charge is 0.481 e. The van der Waals surface area contributed by atoms with E-state index in [0.717, 1.165) is 12.1 Å². The van der Waals surface area contributed by atoms with Gasteiger partial charge in [0.2, 0.25) is 0 Å². The molecule has 0 aliphatic heterocycles. The summed E-state index contributed by atoms with van der Waals surface area (Å²) in [5.41, 5.74) is -1.10. The Bertz CT molecular complexity index is 375. The Morgan fingerprint density at radius 3 is 2.38 bits per heavy atom. The number of alkyl halides is 3. The summed E-state index contributed by atoms with van der Waals surface area (Å²) >= 11 is 0. The van der Waals surface area contributed by atoms with E-state index in [1.54, 1.807) is 6.92 Å². The van der Waals surface area contributed by atoms with Gasteiger partial charge in [-0.2, -0.15) is 18.3 Å². The van der Waals surface area contributed by atoms with Gasteiger partial charge in [0.25, 0.3) is 0 Å². The predicted molar refractivity (Wildman–Crippen MR) is 47.7 cm³/mol. The van der Waals surface area contributed by atoms with Crippen molar-refractivity contribution in [3.05, 3.63) is 23.5 Å². The van der Waals surface area contributed by atoms with Crippen LogP contribution in [-0.4, -0.2) is 21.3 Å². The molecule has 7 heteroatoms. The van der Waals surface area contributed by atoms with E-state index in [-0.39, 0.29) is 12.1 Å². The van der Waals surface area contributed by atoms with Gasteiger partial charge < -0.3 is 5.11 Å². The summed E-state index contributed by atoms with van der Waals surface area (Å²) in [6.07, 6.45) is -4.31. The number of nitrogens with zero attached hydrogens (tertiary/aromatic N) is 2. The Morgan fingerprint density at radius 1 is 1.44 bits per heavy atom. The van der Waals surface area contributed by atoms with Crippen LogP contribution in [0.5, 0.6) is 0 Å². The fourth-order valence-corrected chi connectivity index (χ4v) is 1.19. The van der Waals surface area contributed by atoms with Crippen molar-refractivity contribution in [2.24, 2.45) is 0 Å². The van der Waals surface area contributed by atoms with Crippen LogP contribution in [0.4, 0.5) is 13.2 Å². The third-order valence-corrected chi connectivity index (χ3v) is 2.04. The summed E-state index contributed by atoms with van der Waals surface area (Å²) in [4.78, 5) is 10.7. The number of aromatic nitrogens is 2.